The van der Waals surface area contributed by atoms with Crippen LogP contribution in [-0.2, 0) is 4.74 Å². The predicted octanol–water partition coefficient (Wildman–Crippen LogP) is 3.05. The van der Waals surface area contributed by atoms with E-state index in [4.69, 9.17) is 20.8 Å². The molecule has 0 amide bonds. The highest BCUT2D eigenvalue weighted by molar-refractivity contribution is 9.10. The molecule has 0 atom stereocenters. The summed E-state index contributed by atoms with van der Waals surface area (Å²) < 4.78 is 11.4. The number of fused-ring (bicyclic) bond motifs is 1. The molecule has 0 saturated carbocycles. The molecule has 1 saturated heterocycles. The van der Waals surface area contributed by atoms with Gasteiger partial charge in [-0.2, -0.15) is 0 Å². The molecule has 0 N–H and O–H groups in total. The predicted molar refractivity (Wildman–Crippen MR) is 78.2 cm³/mol. The van der Waals surface area contributed by atoms with Gasteiger partial charge in [-0.1, -0.05) is 11.6 Å². The maximum Gasteiger partial charge on any atom is 0.360 e. The molecular formula is C13H11BrClNO3. The Morgan fingerprint density at radius 1 is 1.21 bits per heavy atom. The fourth-order valence-electron chi connectivity index (χ4n) is 2.17. The molecule has 0 aliphatic carbocycles. The van der Waals surface area contributed by atoms with Gasteiger partial charge in [0.1, 0.15) is 5.69 Å². The van der Waals surface area contributed by atoms with Crippen LogP contribution in [0.25, 0.3) is 11.0 Å². The second-order valence-electron chi connectivity index (χ2n) is 4.32. The molecule has 19 heavy (non-hydrogen) atoms. The molecule has 4 nitrogen and oxygen atoms in total. The second kappa shape index (κ2) is 5.15. The average Bonchev–Trinajstić information content (AvgIpc) is 2.40. The molecule has 2 aromatic rings. The van der Waals surface area contributed by atoms with Gasteiger partial charge in [0.15, 0.2) is 5.58 Å². The number of hydrogen-bond acceptors (Lipinski definition) is 4. The van der Waals surface area contributed by atoms with E-state index in [1.807, 2.05) is 11.0 Å². The fourth-order valence-corrected chi connectivity index (χ4v) is 3.09. The minimum Gasteiger partial charge on any atom is -0.420 e. The molecule has 0 radical (unpaired) electrons. The summed E-state index contributed by atoms with van der Waals surface area (Å²) in [5.41, 5.74) is 0.744. The molecule has 1 aliphatic heterocycles. The molecule has 1 aromatic carbocycles. The lowest BCUT2D eigenvalue weighted by Crippen LogP contribution is -2.38. The summed E-state index contributed by atoms with van der Waals surface area (Å²) in [5, 5.41) is 1.40. The Morgan fingerprint density at radius 2 is 1.95 bits per heavy atom. The van der Waals surface area contributed by atoms with Crippen molar-refractivity contribution in [3.8, 4) is 0 Å². The zero-order valence-electron chi connectivity index (χ0n) is 9.99. The van der Waals surface area contributed by atoms with Gasteiger partial charge in [-0.05, 0) is 34.1 Å². The van der Waals surface area contributed by atoms with E-state index in [0.29, 0.717) is 47.1 Å². The first kappa shape index (κ1) is 13.0. The van der Waals surface area contributed by atoms with Crippen LogP contribution in [0, 0.1) is 0 Å². The van der Waals surface area contributed by atoms with Crippen LogP contribution in [0.4, 0.5) is 5.69 Å². The van der Waals surface area contributed by atoms with E-state index in [0.717, 1.165) is 5.39 Å². The van der Waals surface area contributed by atoms with Gasteiger partial charge in [0.05, 0.1) is 17.7 Å². The summed E-state index contributed by atoms with van der Waals surface area (Å²) >= 11 is 9.37. The Kier molecular flexibility index (Phi) is 3.52. The van der Waals surface area contributed by atoms with Crippen LogP contribution in [0.3, 0.4) is 0 Å². The Labute approximate surface area is 123 Å². The van der Waals surface area contributed by atoms with Gasteiger partial charge in [0, 0.05) is 23.5 Å². The minimum absolute atomic E-state index is 0.336. The topological polar surface area (TPSA) is 42.7 Å². The Bertz CT molecular complexity index is 679. The molecule has 0 spiro atoms. The molecule has 0 bridgehead atoms. The Hall–Kier alpha value is -1.04. The van der Waals surface area contributed by atoms with E-state index in [1.165, 1.54) is 0 Å². The van der Waals surface area contributed by atoms with E-state index in [2.05, 4.69) is 15.9 Å². The molecule has 1 aliphatic rings. The van der Waals surface area contributed by atoms with Crippen LogP contribution in [0.15, 0.2) is 31.9 Å². The van der Waals surface area contributed by atoms with Gasteiger partial charge in [-0.25, -0.2) is 4.79 Å². The van der Waals surface area contributed by atoms with E-state index in [1.54, 1.807) is 12.1 Å². The lowest BCUT2D eigenvalue weighted by Gasteiger charge is -2.27. The minimum atomic E-state index is -0.336. The van der Waals surface area contributed by atoms with Gasteiger partial charge < -0.3 is 14.1 Å². The largest absolute Gasteiger partial charge is 0.420 e. The molecular weight excluding hydrogens is 334 g/mol. The third-order valence-electron chi connectivity index (χ3n) is 3.08. The molecule has 3 rings (SSSR count). The van der Waals surface area contributed by atoms with Crippen molar-refractivity contribution >= 4 is 44.2 Å². The fraction of sp³-hybridized carbons (Fsp3) is 0.308. The molecule has 2 heterocycles. The summed E-state index contributed by atoms with van der Waals surface area (Å²) in [6, 6.07) is 5.32. The monoisotopic (exact) mass is 343 g/mol. The van der Waals surface area contributed by atoms with E-state index < -0.39 is 0 Å². The van der Waals surface area contributed by atoms with Crippen LogP contribution in [-0.4, -0.2) is 26.3 Å². The van der Waals surface area contributed by atoms with Crippen LogP contribution >= 0.6 is 27.5 Å². The SMILES string of the molecule is O=c1oc2c(Br)cc(Cl)cc2cc1N1CCOCC1. The first-order valence-corrected chi connectivity index (χ1v) is 7.08. The average molecular weight is 345 g/mol. The van der Waals surface area contributed by atoms with Gasteiger partial charge in [0.25, 0.3) is 0 Å². The van der Waals surface area contributed by atoms with E-state index >= 15 is 0 Å². The number of nitrogens with zero attached hydrogens (tertiary/aromatic N) is 1. The van der Waals surface area contributed by atoms with Crippen molar-refractivity contribution in [3.63, 3.8) is 0 Å². The molecule has 1 aromatic heterocycles. The number of ether oxygens (including phenoxy) is 1. The zero-order chi connectivity index (χ0) is 13.4. The highest BCUT2D eigenvalue weighted by Crippen LogP contribution is 2.29. The maximum absolute atomic E-state index is 12.1. The summed E-state index contributed by atoms with van der Waals surface area (Å²) in [5.74, 6) is 0. The highest BCUT2D eigenvalue weighted by atomic mass is 79.9. The van der Waals surface area contributed by atoms with Crippen LogP contribution in [0.2, 0.25) is 5.02 Å². The summed E-state index contributed by atoms with van der Waals surface area (Å²) in [7, 11) is 0. The van der Waals surface area contributed by atoms with Gasteiger partial charge in [0.2, 0.25) is 0 Å². The molecule has 6 heteroatoms. The van der Waals surface area contributed by atoms with Crippen molar-refractivity contribution in [2.24, 2.45) is 0 Å². The smallest absolute Gasteiger partial charge is 0.360 e. The molecule has 0 unspecified atom stereocenters. The van der Waals surface area contributed by atoms with E-state index in [9.17, 15) is 4.79 Å². The quantitative estimate of drug-likeness (QED) is 0.746. The molecule has 1 fully saturated rings. The highest BCUT2D eigenvalue weighted by Gasteiger charge is 2.17. The van der Waals surface area contributed by atoms with Crippen molar-refractivity contribution < 1.29 is 9.15 Å². The maximum atomic E-state index is 12.1. The Morgan fingerprint density at radius 3 is 2.68 bits per heavy atom. The summed E-state index contributed by atoms with van der Waals surface area (Å²) in [4.78, 5) is 14.0. The third-order valence-corrected chi connectivity index (χ3v) is 3.89. The van der Waals surface area contributed by atoms with Crippen molar-refractivity contribution in [3.05, 3.63) is 38.1 Å². The number of morpholine rings is 1. The van der Waals surface area contributed by atoms with Gasteiger partial charge >= 0.3 is 5.63 Å². The van der Waals surface area contributed by atoms with Crippen LogP contribution in [0.5, 0.6) is 0 Å². The first-order chi connectivity index (χ1) is 9.15. The lowest BCUT2D eigenvalue weighted by molar-refractivity contribution is 0.122. The summed E-state index contributed by atoms with van der Waals surface area (Å²) in [6.07, 6.45) is 0. The number of hydrogen-bond donors (Lipinski definition) is 0. The summed E-state index contributed by atoms with van der Waals surface area (Å²) in [6.45, 7) is 2.63. The first-order valence-electron chi connectivity index (χ1n) is 5.91. The second-order valence-corrected chi connectivity index (χ2v) is 5.62. The number of benzene rings is 1. The van der Waals surface area contributed by atoms with Crippen LogP contribution in [0.1, 0.15) is 0 Å². The number of halogens is 2. The Balaban J connectivity index is 2.15. The van der Waals surface area contributed by atoms with Gasteiger partial charge in [-0.3, -0.25) is 0 Å². The third kappa shape index (κ3) is 2.50. The van der Waals surface area contributed by atoms with Crippen molar-refractivity contribution in [1.82, 2.24) is 0 Å². The molecule has 100 valence electrons. The zero-order valence-corrected chi connectivity index (χ0v) is 12.3. The van der Waals surface area contributed by atoms with Crippen molar-refractivity contribution in [2.75, 3.05) is 31.2 Å². The van der Waals surface area contributed by atoms with Crippen molar-refractivity contribution in [1.29, 1.82) is 0 Å². The van der Waals surface area contributed by atoms with Crippen molar-refractivity contribution in [2.45, 2.75) is 0 Å². The van der Waals surface area contributed by atoms with Crippen LogP contribution < -0.4 is 10.5 Å². The lowest BCUT2D eigenvalue weighted by atomic mass is 10.2. The number of rotatable bonds is 1. The van der Waals surface area contributed by atoms with Gasteiger partial charge in [-0.15, -0.1) is 0 Å². The van der Waals surface area contributed by atoms with E-state index in [-0.39, 0.29) is 5.63 Å². The normalized spacial score (nSPS) is 16.0. The number of anilines is 1. The standard InChI is InChI=1S/C13H11BrClNO3/c14-10-7-9(15)5-8-6-11(13(17)19-12(8)10)16-1-3-18-4-2-16/h5-7H,1-4H2.